The van der Waals surface area contributed by atoms with Crippen molar-refractivity contribution in [1.82, 2.24) is 10.2 Å². The minimum Gasteiger partial charge on any atom is -0.339 e. The number of nitrogens with zero attached hydrogens (tertiary/aromatic N) is 2. The third kappa shape index (κ3) is 4.14. The molecule has 126 valence electrons. The highest BCUT2D eigenvalue weighted by Crippen LogP contribution is 2.18. The average molecular weight is 340 g/mol. The maximum Gasteiger partial charge on any atom is 0.258 e. The Bertz CT molecular complexity index is 896. The van der Waals surface area contributed by atoms with E-state index in [0.717, 1.165) is 23.5 Å². The molecule has 25 heavy (non-hydrogen) atoms. The second-order valence-electron chi connectivity index (χ2n) is 5.34. The SMILES string of the molecule is Cc1ccc(Nc2ccc(NC(=O)c3ccc(F)cc3F)cc2)nn1. The summed E-state index contributed by atoms with van der Waals surface area (Å²) in [7, 11) is 0. The molecule has 0 radical (unpaired) electrons. The Morgan fingerprint density at radius 2 is 1.64 bits per heavy atom. The monoisotopic (exact) mass is 340 g/mol. The number of amides is 1. The number of benzene rings is 2. The molecule has 0 fully saturated rings. The number of hydrogen-bond donors (Lipinski definition) is 2. The molecule has 2 N–H and O–H groups in total. The van der Waals surface area contributed by atoms with Crippen LogP contribution in [0.1, 0.15) is 16.1 Å². The summed E-state index contributed by atoms with van der Waals surface area (Å²) in [5, 5.41) is 13.6. The van der Waals surface area contributed by atoms with Crippen LogP contribution in [-0.4, -0.2) is 16.1 Å². The van der Waals surface area contributed by atoms with Crippen molar-refractivity contribution in [3.05, 3.63) is 77.5 Å². The molecular formula is C18H14F2N4O. The van der Waals surface area contributed by atoms with E-state index in [0.29, 0.717) is 17.6 Å². The van der Waals surface area contributed by atoms with Crippen molar-refractivity contribution in [2.24, 2.45) is 0 Å². The van der Waals surface area contributed by atoms with E-state index in [1.165, 1.54) is 0 Å². The van der Waals surface area contributed by atoms with Gasteiger partial charge in [0, 0.05) is 17.4 Å². The molecular weight excluding hydrogens is 326 g/mol. The van der Waals surface area contributed by atoms with Gasteiger partial charge in [-0.2, -0.15) is 5.10 Å². The summed E-state index contributed by atoms with van der Waals surface area (Å²) in [4.78, 5) is 12.0. The zero-order valence-electron chi connectivity index (χ0n) is 13.3. The molecule has 0 saturated carbocycles. The molecule has 5 nitrogen and oxygen atoms in total. The van der Waals surface area contributed by atoms with Crippen LogP contribution in [0.2, 0.25) is 0 Å². The van der Waals surface area contributed by atoms with Gasteiger partial charge < -0.3 is 10.6 Å². The van der Waals surface area contributed by atoms with Crippen LogP contribution < -0.4 is 10.6 Å². The lowest BCUT2D eigenvalue weighted by Crippen LogP contribution is -2.13. The van der Waals surface area contributed by atoms with Gasteiger partial charge in [-0.05, 0) is 55.5 Å². The Hall–Kier alpha value is -3.35. The Balaban J connectivity index is 1.67. The lowest BCUT2D eigenvalue weighted by atomic mass is 10.2. The molecule has 0 unspecified atom stereocenters. The lowest BCUT2D eigenvalue weighted by molar-refractivity contribution is 0.102. The lowest BCUT2D eigenvalue weighted by Gasteiger charge is -2.08. The van der Waals surface area contributed by atoms with E-state index in [-0.39, 0.29) is 5.56 Å². The quantitative estimate of drug-likeness (QED) is 0.752. The first kappa shape index (κ1) is 16.5. The zero-order chi connectivity index (χ0) is 17.8. The molecule has 0 saturated heterocycles. The molecule has 0 aliphatic heterocycles. The number of hydrogen-bond acceptors (Lipinski definition) is 4. The summed E-state index contributed by atoms with van der Waals surface area (Å²) in [6.07, 6.45) is 0. The number of anilines is 3. The third-order valence-electron chi connectivity index (χ3n) is 3.39. The number of carbonyl (C=O) groups is 1. The van der Waals surface area contributed by atoms with Crippen LogP contribution in [0.5, 0.6) is 0 Å². The second-order valence-corrected chi connectivity index (χ2v) is 5.34. The molecule has 2 aromatic carbocycles. The molecule has 3 rings (SSSR count). The van der Waals surface area contributed by atoms with Gasteiger partial charge in [0.2, 0.25) is 0 Å². The minimum absolute atomic E-state index is 0.224. The van der Waals surface area contributed by atoms with E-state index in [2.05, 4.69) is 20.8 Å². The van der Waals surface area contributed by atoms with Crippen LogP contribution in [0.3, 0.4) is 0 Å². The maximum absolute atomic E-state index is 13.6. The summed E-state index contributed by atoms with van der Waals surface area (Å²) in [5.41, 5.74) is 1.83. The molecule has 0 aliphatic rings. The fourth-order valence-electron chi connectivity index (χ4n) is 2.12. The Kier molecular flexibility index (Phi) is 4.65. The molecule has 1 aromatic heterocycles. The summed E-state index contributed by atoms with van der Waals surface area (Å²) in [6, 6.07) is 13.2. The molecule has 0 bridgehead atoms. The Morgan fingerprint density at radius 3 is 2.28 bits per heavy atom. The molecule has 1 amide bonds. The molecule has 7 heteroatoms. The topological polar surface area (TPSA) is 66.9 Å². The van der Waals surface area contributed by atoms with Gasteiger partial charge >= 0.3 is 0 Å². The number of aryl methyl sites for hydroxylation is 1. The highest BCUT2D eigenvalue weighted by molar-refractivity contribution is 6.04. The number of halogens is 2. The molecule has 0 aliphatic carbocycles. The number of aromatic nitrogens is 2. The third-order valence-corrected chi connectivity index (χ3v) is 3.39. The Labute approximate surface area is 142 Å². The summed E-state index contributed by atoms with van der Waals surface area (Å²) in [5.74, 6) is -1.70. The van der Waals surface area contributed by atoms with Gasteiger partial charge in [-0.15, -0.1) is 5.10 Å². The van der Waals surface area contributed by atoms with Crippen molar-refractivity contribution in [3.8, 4) is 0 Å². The van der Waals surface area contributed by atoms with Crippen molar-refractivity contribution in [1.29, 1.82) is 0 Å². The highest BCUT2D eigenvalue weighted by Gasteiger charge is 2.12. The molecule has 0 spiro atoms. The van der Waals surface area contributed by atoms with Gasteiger partial charge in [-0.3, -0.25) is 4.79 Å². The molecule has 1 heterocycles. The van der Waals surface area contributed by atoms with Gasteiger partial charge in [0.05, 0.1) is 11.3 Å². The van der Waals surface area contributed by atoms with Crippen molar-refractivity contribution in [2.45, 2.75) is 6.92 Å². The van der Waals surface area contributed by atoms with Crippen LogP contribution in [0.25, 0.3) is 0 Å². The van der Waals surface area contributed by atoms with E-state index in [9.17, 15) is 13.6 Å². The van der Waals surface area contributed by atoms with Crippen LogP contribution in [-0.2, 0) is 0 Å². The van der Waals surface area contributed by atoms with Gasteiger partial charge in [0.15, 0.2) is 5.82 Å². The first-order valence-corrected chi connectivity index (χ1v) is 7.45. The van der Waals surface area contributed by atoms with Crippen molar-refractivity contribution >= 4 is 23.1 Å². The predicted molar refractivity (Wildman–Crippen MR) is 90.8 cm³/mol. The van der Waals surface area contributed by atoms with Crippen LogP contribution in [0, 0.1) is 18.6 Å². The smallest absolute Gasteiger partial charge is 0.258 e. The van der Waals surface area contributed by atoms with Crippen LogP contribution in [0.4, 0.5) is 26.0 Å². The zero-order valence-corrected chi connectivity index (χ0v) is 13.3. The number of nitrogens with one attached hydrogen (secondary N) is 2. The fraction of sp³-hybridized carbons (Fsp3) is 0.0556. The fourth-order valence-corrected chi connectivity index (χ4v) is 2.12. The summed E-state index contributed by atoms with van der Waals surface area (Å²) < 4.78 is 26.5. The van der Waals surface area contributed by atoms with E-state index in [1.807, 2.05) is 13.0 Å². The van der Waals surface area contributed by atoms with Crippen molar-refractivity contribution in [2.75, 3.05) is 10.6 Å². The van der Waals surface area contributed by atoms with E-state index < -0.39 is 17.5 Å². The normalized spacial score (nSPS) is 10.4. The first-order valence-electron chi connectivity index (χ1n) is 7.45. The van der Waals surface area contributed by atoms with Crippen molar-refractivity contribution in [3.63, 3.8) is 0 Å². The Morgan fingerprint density at radius 1 is 0.920 bits per heavy atom. The standard InChI is InChI=1S/C18H14F2N4O/c1-11-2-9-17(24-23-11)21-13-4-6-14(7-5-13)22-18(25)15-8-3-12(19)10-16(15)20/h2-10H,1H3,(H,21,24)(H,22,25). The van der Waals surface area contributed by atoms with Gasteiger partial charge in [-0.25, -0.2) is 8.78 Å². The average Bonchev–Trinajstić information content (AvgIpc) is 2.58. The summed E-state index contributed by atoms with van der Waals surface area (Å²) in [6.45, 7) is 1.85. The van der Waals surface area contributed by atoms with Gasteiger partial charge in [0.1, 0.15) is 11.6 Å². The second kappa shape index (κ2) is 7.04. The molecule has 3 aromatic rings. The first-order chi connectivity index (χ1) is 12.0. The predicted octanol–water partition coefficient (Wildman–Crippen LogP) is 4.06. The van der Waals surface area contributed by atoms with Crippen LogP contribution in [0.15, 0.2) is 54.6 Å². The van der Waals surface area contributed by atoms with E-state index >= 15 is 0 Å². The molecule has 0 atom stereocenters. The largest absolute Gasteiger partial charge is 0.339 e. The van der Waals surface area contributed by atoms with E-state index in [4.69, 9.17) is 0 Å². The van der Waals surface area contributed by atoms with E-state index in [1.54, 1.807) is 30.3 Å². The summed E-state index contributed by atoms with van der Waals surface area (Å²) >= 11 is 0. The maximum atomic E-state index is 13.6. The minimum atomic E-state index is -0.909. The number of carbonyl (C=O) groups excluding carboxylic acids is 1. The van der Waals surface area contributed by atoms with Gasteiger partial charge in [-0.1, -0.05) is 0 Å². The van der Waals surface area contributed by atoms with Crippen molar-refractivity contribution < 1.29 is 13.6 Å². The van der Waals surface area contributed by atoms with Crippen LogP contribution >= 0.6 is 0 Å². The van der Waals surface area contributed by atoms with Gasteiger partial charge in [0.25, 0.3) is 5.91 Å². The highest BCUT2D eigenvalue weighted by atomic mass is 19.1. The number of rotatable bonds is 4.